The fourth-order valence-electron chi connectivity index (χ4n) is 0.588. The Morgan fingerprint density at radius 1 is 1.82 bits per heavy atom. The number of azide groups is 1. The molecule has 0 aliphatic carbocycles. The van der Waals surface area contributed by atoms with Gasteiger partial charge in [0.05, 0.1) is 12.6 Å². The molecule has 1 atom stereocenters. The van der Waals surface area contributed by atoms with Crippen molar-refractivity contribution < 1.29 is 0 Å². The minimum Gasteiger partial charge on any atom is -0.302 e. The van der Waals surface area contributed by atoms with Gasteiger partial charge >= 0.3 is 0 Å². The van der Waals surface area contributed by atoms with Gasteiger partial charge in [0, 0.05) is 4.91 Å². The number of hydrogen-bond donors (Lipinski definition) is 1. The van der Waals surface area contributed by atoms with Crippen LogP contribution in [0.4, 0.5) is 0 Å². The van der Waals surface area contributed by atoms with E-state index in [1.807, 2.05) is 13.0 Å². The molecule has 0 saturated heterocycles. The van der Waals surface area contributed by atoms with E-state index in [1.54, 1.807) is 0 Å². The zero-order chi connectivity index (χ0) is 8.53. The Labute approximate surface area is 65.6 Å². The van der Waals surface area contributed by atoms with Gasteiger partial charge in [-0.15, -0.1) is 0 Å². The lowest BCUT2D eigenvalue weighted by atomic mass is 10.3. The Kier molecular flexibility index (Phi) is 6.10. The van der Waals surface area contributed by atoms with Gasteiger partial charge in [-0.05, 0) is 18.5 Å². The minimum absolute atomic E-state index is 0.201. The van der Waals surface area contributed by atoms with E-state index in [9.17, 15) is 0 Å². The third-order valence-electron chi connectivity index (χ3n) is 1.12. The van der Waals surface area contributed by atoms with Crippen LogP contribution in [-0.4, -0.2) is 19.1 Å². The maximum absolute atomic E-state index is 8.48. The van der Waals surface area contributed by atoms with Crippen LogP contribution >= 0.6 is 0 Å². The second-order valence-corrected chi connectivity index (χ2v) is 2.05. The zero-order valence-corrected chi connectivity index (χ0v) is 6.49. The molecule has 0 aliphatic rings. The summed E-state index contributed by atoms with van der Waals surface area (Å²) < 4.78 is 0. The molecule has 0 radical (unpaired) electrons. The largest absolute Gasteiger partial charge is 0.302 e. The summed E-state index contributed by atoms with van der Waals surface area (Å²) in [5.41, 5.74) is 7.96. The quantitative estimate of drug-likeness (QED) is 0.365. The Bertz CT molecular complexity index is 176. The minimum atomic E-state index is -0.342. The summed E-state index contributed by atoms with van der Waals surface area (Å²) in [4.78, 5) is 2.57. The number of rotatable bonds is 5. The van der Waals surface area contributed by atoms with Crippen molar-refractivity contribution in [3.05, 3.63) is 10.4 Å². The van der Waals surface area contributed by atoms with Crippen LogP contribution in [0, 0.1) is 11.3 Å². The van der Waals surface area contributed by atoms with E-state index in [0.717, 1.165) is 13.0 Å². The number of hydrogen-bond acceptors (Lipinski definition) is 3. The summed E-state index contributed by atoms with van der Waals surface area (Å²) in [7, 11) is 0. The van der Waals surface area contributed by atoms with E-state index in [0.29, 0.717) is 0 Å². The monoisotopic (exact) mass is 153 g/mol. The summed E-state index contributed by atoms with van der Waals surface area (Å²) in [6, 6.07) is 1.65. The van der Waals surface area contributed by atoms with Crippen molar-refractivity contribution in [1.29, 1.82) is 5.26 Å². The highest BCUT2D eigenvalue weighted by molar-refractivity contribution is 4.91. The summed E-state index contributed by atoms with van der Waals surface area (Å²) in [6.45, 7) is 2.99. The first kappa shape index (κ1) is 9.76. The van der Waals surface area contributed by atoms with E-state index in [2.05, 4.69) is 15.3 Å². The van der Waals surface area contributed by atoms with Gasteiger partial charge in [0.15, 0.2) is 0 Å². The second kappa shape index (κ2) is 6.87. The molecular formula is C6H11N5. The molecule has 0 aromatic heterocycles. The number of nitriles is 1. The van der Waals surface area contributed by atoms with Crippen LogP contribution in [-0.2, 0) is 0 Å². The van der Waals surface area contributed by atoms with E-state index in [-0.39, 0.29) is 12.6 Å². The molecule has 0 bridgehead atoms. The van der Waals surface area contributed by atoms with E-state index in [1.165, 1.54) is 0 Å². The van der Waals surface area contributed by atoms with Gasteiger partial charge in [0.1, 0.15) is 6.04 Å². The van der Waals surface area contributed by atoms with Crippen molar-refractivity contribution in [2.45, 2.75) is 19.4 Å². The molecular weight excluding hydrogens is 142 g/mol. The summed E-state index contributed by atoms with van der Waals surface area (Å²) >= 11 is 0. The highest BCUT2D eigenvalue weighted by Crippen LogP contribution is 1.84. The van der Waals surface area contributed by atoms with Crippen molar-refractivity contribution in [3.8, 4) is 6.07 Å². The van der Waals surface area contributed by atoms with Crippen molar-refractivity contribution in [2.24, 2.45) is 5.11 Å². The molecule has 0 aromatic rings. The highest BCUT2D eigenvalue weighted by Gasteiger charge is 2.01. The van der Waals surface area contributed by atoms with Crippen LogP contribution in [0.5, 0.6) is 0 Å². The van der Waals surface area contributed by atoms with Crippen LogP contribution in [0.3, 0.4) is 0 Å². The van der Waals surface area contributed by atoms with Gasteiger partial charge in [-0.1, -0.05) is 12.0 Å². The molecule has 60 valence electrons. The number of nitrogens with zero attached hydrogens (tertiary/aromatic N) is 4. The Morgan fingerprint density at radius 2 is 2.55 bits per heavy atom. The van der Waals surface area contributed by atoms with Crippen molar-refractivity contribution in [1.82, 2.24) is 5.32 Å². The zero-order valence-electron chi connectivity index (χ0n) is 6.49. The van der Waals surface area contributed by atoms with Crippen molar-refractivity contribution >= 4 is 0 Å². The average molecular weight is 153 g/mol. The topological polar surface area (TPSA) is 84.6 Å². The molecule has 0 heterocycles. The van der Waals surface area contributed by atoms with Gasteiger partial charge in [-0.2, -0.15) is 5.26 Å². The molecule has 0 fully saturated rings. The summed E-state index contributed by atoms with van der Waals surface area (Å²) in [5, 5.41) is 14.7. The first-order valence-corrected chi connectivity index (χ1v) is 3.49. The molecule has 0 aliphatic heterocycles. The summed E-state index contributed by atoms with van der Waals surface area (Å²) in [5.74, 6) is 0. The first-order chi connectivity index (χ1) is 5.35. The van der Waals surface area contributed by atoms with Crippen LogP contribution in [0.15, 0.2) is 5.11 Å². The predicted octanol–water partition coefficient (Wildman–Crippen LogP) is 1.19. The second-order valence-electron chi connectivity index (χ2n) is 2.05. The fourth-order valence-corrected chi connectivity index (χ4v) is 0.588. The Morgan fingerprint density at radius 3 is 3.00 bits per heavy atom. The van der Waals surface area contributed by atoms with Gasteiger partial charge in [0.2, 0.25) is 0 Å². The molecule has 0 spiro atoms. The predicted molar refractivity (Wildman–Crippen MR) is 41.7 cm³/mol. The molecule has 5 heteroatoms. The Hall–Kier alpha value is -1.24. The normalized spacial score (nSPS) is 11.3. The lowest BCUT2D eigenvalue weighted by molar-refractivity contribution is 0.601. The van der Waals surface area contributed by atoms with E-state index < -0.39 is 0 Å². The third kappa shape index (κ3) is 5.22. The standard InChI is InChI=1S/C6H11N5/c1-2-3-9-6(4-7)5-10-11-8/h6,9H,2-3,5H2,1H3. The van der Waals surface area contributed by atoms with E-state index >= 15 is 0 Å². The third-order valence-corrected chi connectivity index (χ3v) is 1.12. The molecule has 1 unspecified atom stereocenters. The maximum atomic E-state index is 8.48. The van der Waals surface area contributed by atoms with Crippen molar-refractivity contribution in [2.75, 3.05) is 13.1 Å². The Balaban J connectivity index is 3.60. The highest BCUT2D eigenvalue weighted by atomic mass is 15.1. The van der Waals surface area contributed by atoms with Crippen LogP contribution in [0.25, 0.3) is 10.4 Å². The molecule has 0 rings (SSSR count). The van der Waals surface area contributed by atoms with Gasteiger partial charge < -0.3 is 5.32 Å². The van der Waals surface area contributed by atoms with Gasteiger partial charge in [-0.3, -0.25) is 0 Å². The fraction of sp³-hybridized carbons (Fsp3) is 0.833. The molecule has 0 amide bonds. The molecule has 5 nitrogen and oxygen atoms in total. The summed E-state index contributed by atoms with van der Waals surface area (Å²) in [6.07, 6.45) is 0.967. The van der Waals surface area contributed by atoms with Crippen LogP contribution in [0.2, 0.25) is 0 Å². The van der Waals surface area contributed by atoms with E-state index in [4.69, 9.17) is 10.8 Å². The smallest absolute Gasteiger partial charge is 0.101 e. The van der Waals surface area contributed by atoms with Crippen LogP contribution < -0.4 is 5.32 Å². The lowest BCUT2D eigenvalue weighted by Gasteiger charge is -2.05. The van der Waals surface area contributed by atoms with Crippen molar-refractivity contribution in [3.63, 3.8) is 0 Å². The molecule has 0 aromatic carbocycles. The van der Waals surface area contributed by atoms with Crippen LogP contribution in [0.1, 0.15) is 13.3 Å². The lowest BCUT2D eigenvalue weighted by Crippen LogP contribution is -2.30. The first-order valence-electron chi connectivity index (χ1n) is 3.49. The maximum Gasteiger partial charge on any atom is 0.101 e. The molecule has 0 saturated carbocycles. The molecule has 11 heavy (non-hydrogen) atoms. The van der Waals surface area contributed by atoms with Gasteiger partial charge in [-0.25, -0.2) is 0 Å². The molecule has 1 N–H and O–H groups in total. The van der Waals surface area contributed by atoms with Gasteiger partial charge in [0.25, 0.3) is 0 Å². The number of nitrogens with one attached hydrogen (secondary N) is 1. The SMILES string of the molecule is CCCNC(C#N)CN=[N+]=[N-]. The average Bonchev–Trinajstić information content (AvgIpc) is 2.05.